The Labute approximate surface area is 108 Å². The normalized spacial score (nSPS) is 13.9. The van der Waals surface area contributed by atoms with E-state index in [-0.39, 0.29) is 0 Å². The number of fused-ring (bicyclic) bond motifs is 3. The second-order valence-corrected chi connectivity index (χ2v) is 4.94. The number of hydrogen-bond acceptors (Lipinski definition) is 2. The van der Waals surface area contributed by atoms with Crippen molar-refractivity contribution in [3.8, 4) is 5.75 Å². The minimum atomic E-state index is 0.825. The summed E-state index contributed by atoms with van der Waals surface area (Å²) < 4.78 is 5.71. The van der Waals surface area contributed by atoms with Gasteiger partial charge in [0.1, 0.15) is 5.75 Å². The fourth-order valence-corrected chi connectivity index (χ4v) is 2.84. The Kier molecular flexibility index (Phi) is 3.00. The molecule has 3 heteroatoms. The molecular weight excluding hydrogens is 224 g/mol. The third kappa shape index (κ3) is 1.79. The lowest BCUT2D eigenvalue weighted by molar-refractivity contribution is 0.356. The predicted molar refractivity (Wildman–Crippen MR) is 74.5 cm³/mol. The van der Waals surface area contributed by atoms with Gasteiger partial charge in [-0.05, 0) is 43.6 Å². The number of nitrogens with one attached hydrogen (secondary N) is 2. The first-order valence-electron chi connectivity index (χ1n) is 6.77. The summed E-state index contributed by atoms with van der Waals surface area (Å²) in [7, 11) is 0. The van der Waals surface area contributed by atoms with Crippen LogP contribution in [-0.4, -0.2) is 24.7 Å². The minimum Gasteiger partial charge on any atom is -0.493 e. The van der Waals surface area contributed by atoms with E-state index < -0.39 is 0 Å². The maximum absolute atomic E-state index is 5.71. The zero-order valence-corrected chi connectivity index (χ0v) is 11.1. The Morgan fingerprint density at radius 2 is 2.33 bits per heavy atom. The van der Waals surface area contributed by atoms with Crippen molar-refractivity contribution in [1.29, 1.82) is 0 Å². The molecule has 3 nitrogen and oxygen atoms in total. The first-order valence-corrected chi connectivity index (χ1v) is 6.77. The lowest BCUT2D eigenvalue weighted by atomic mass is 10.00. The summed E-state index contributed by atoms with van der Waals surface area (Å²) in [6.07, 6.45) is 4.27. The van der Waals surface area contributed by atoms with Gasteiger partial charge in [-0.15, -0.1) is 0 Å². The van der Waals surface area contributed by atoms with Gasteiger partial charge in [0.05, 0.1) is 6.61 Å². The summed E-state index contributed by atoms with van der Waals surface area (Å²) >= 11 is 0. The summed E-state index contributed by atoms with van der Waals surface area (Å²) in [5, 5.41) is 4.79. The van der Waals surface area contributed by atoms with Crippen molar-refractivity contribution in [2.45, 2.75) is 26.7 Å². The molecule has 2 N–H and O–H groups in total. The van der Waals surface area contributed by atoms with Crippen molar-refractivity contribution in [2.75, 3.05) is 19.7 Å². The highest BCUT2D eigenvalue weighted by Crippen LogP contribution is 2.36. The maximum Gasteiger partial charge on any atom is 0.123 e. The van der Waals surface area contributed by atoms with E-state index in [1.54, 1.807) is 0 Å². The maximum atomic E-state index is 5.71. The number of H-pyrrole nitrogens is 1. The Morgan fingerprint density at radius 1 is 1.44 bits per heavy atom. The van der Waals surface area contributed by atoms with Crippen LogP contribution >= 0.6 is 0 Å². The second-order valence-electron chi connectivity index (χ2n) is 4.94. The van der Waals surface area contributed by atoms with Gasteiger partial charge < -0.3 is 15.0 Å². The van der Waals surface area contributed by atoms with E-state index in [1.165, 1.54) is 27.6 Å². The van der Waals surface area contributed by atoms with E-state index >= 15 is 0 Å². The summed E-state index contributed by atoms with van der Waals surface area (Å²) in [5.74, 6) is 1.09. The number of likely N-dealkylation sites (N-methyl/N-ethyl adjacent to an activating group) is 1. The number of rotatable bonds is 4. The Balaban J connectivity index is 2.05. The highest BCUT2D eigenvalue weighted by Gasteiger charge is 2.19. The number of benzene rings is 1. The van der Waals surface area contributed by atoms with Crippen LogP contribution in [0, 0.1) is 6.92 Å². The van der Waals surface area contributed by atoms with Gasteiger partial charge in [0.2, 0.25) is 0 Å². The highest BCUT2D eigenvalue weighted by atomic mass is 16.5. The molecule has 2 heterocycles. The average Bonchev–Trinajstić information content (AvgIpc) is 2.95. The van der Waals surface area contributed by atoms with Gasteiger partial charge in [-0.3, -0.25) is 0 Å². The van der Waals surface area contributed by atoms with Gasteiger partial charge in [0.15, 0.2) is 0 Å². The third-order valence-corrected chi connectivity index (χ3v) is 3.73. The number of aromatic nitrogens is 1. The largest absolute Gasteiger partial charge is 0.493 e. The Morgan fingerprint density at radius 3 is 3.17 bits per heavy atom. The molecule has 1 aliphatic heterocycles. The lowest BCUT2D eigenvalue weighted by Crippen LogP contribution is -2.15. The number of hydrogen-bond donors (Lipinski definition) is 2. The summed E-state index contributed by atoms with van der Waals surface area (Å²) in [6, 6.07) is 2.16. The first-order chi connectivity index (χ1) is 8.81. The molecule has 1 aliphatic rings. The fraction of sp³-hybridized carbons (Fsp3) is 0.467. The van der Waals surface area contributed by atoms with Crippen LogP contribution in [0.3, 0.4) is 0 Å². The van der Waals surface area contributed by atoms with E-state index in [0.717, 1.165) is 38.3 Å². The molecule has 0 saturated heterocycles. The SMILES string of the molecule is CCNCCc1c[nH]c2c(C)cc3c(c12)CCO3. The molecule has 18 heavy (non-hydrogen) atoms. The fourth-order valence-electron chi connectivity index (χ4n) is 2.84. The van der Waals surface area contributed by atoms with Crippen LogP contribution in [-0.2, 0) is 12.8 Å². The standard InChI is InChI=1S/C15H20N2O/c1-3-16-6-4-11-9-17-15-10(2)8-13-12(14(11)15)5-7-18-13/h8-9,16-17H,3-7H2,1-2H3. The third-order valence-electron chi connectivity index (χ3n) is 3.73. The van der Waals surface area contributed by atoms with Gasteiger partial charge in [-0.2, -0.15) is 0 Å². The molecular formula is C15H20N2O. The van der Waals surface area contributed by atoms with Crippen molar-refractivity contribution >= 4 is 10.9 Å². The summed E-state index contributed by atoms with van der Waals surface area (Å²) in [5.41, 5.74) is 5.37. The van der Waals surface area contributed by atoms with Gasteiger partial charge in [0.25, 0.3) is 0 Å². The molecule has 0 bridgehead atoms. The second kappa shape index (κ2) is 4.65. The van der Waals surface area contributed by atoms with Crippen LogP contribution in [0.1, 0.15) is 23.6 Å². The van der Waals surface area contributed by atoms with Crippen molar-refractivity contribution in [2.24, 2.45) is 0 Å². The summed E-state index contributed by atoms with van der Waals surface area (Å²) in [6.45, 7) is 7.18. The smallest absolute Gasteiger partial charge is 0.123 e. The molecule has 0 radical (unpaired) electrons. The molecule has 0 atom stereocenters. The van der Waals surface area contributed by atoms with E-state index in [9.17, 15) is 0 Å². The minimum absolute atomic E-state index is 0.825. The molecule has 0 spiro atoms. The molecule has 3 rings (SSSR count). The molecule has 1 aromatic heterocycles. The van der Waals surface area contributed by atoms with E-state index in [4.69, 9.17) is 4.74 Å². The van der Waals surface area contributed by atoms with Crippen LogP contribution in [0.15, 0.2) is 12.3 Å². The van der Waals surface area contributed by atoms with Crippen LogP contribution in [0.2, 0.25) is 0 Å². The molecule has 0 saturated carbocycles. The zero-order chi connectivity index (χ0) is 12.5. The molecule has 96 valence electrons. The predicted octanol–water partition coefficient (Wildman–Crippen LogP) is 2.56. The molecule has 1 aromatic carbocycles. The number of aryl methyl sites for hydroxylation is 1. The van der Waals surface area contributed by atoms with E-state index in [2.05, 4.69) is 36.4 Å². The van der Waals surface area contributed by atoms with Crippen molar-refractivity contribution in [3.05, 3.63) is 29.0 Å². The molecule has 0 amide bonds. The van der Waals surface area contributed by atoms with Crippen LogP contribution in [0.4, 0.5) is 0 Å². The van der Waals surface area contributed by atoms with Crippen LogP contribution in [0.5, 0.6) is 5.75 Å². The van der Waals surface area contributed by atoms with Gasteiger partial charge in [0, 0.05) is 29.1 Å². The van der Waals surface area contributed by atoms with Crippen molar-refractivity contribution < 1.29 is 4.74 Å². The highest BCUT2D eigenvalue weighted by molar-refractivity contribution is 5.91. The molecule has 0 fully saturated rings. The quantitative estimate of drug-likeness (QED) is 0.811. The average molecular weight is 244 g/mol. The van der Waals surface area contributed by atoms with Crippen LogP contribution < -0.4 is 10.1 Å². The summed E-state index contributed by atoms with van der Waals surface area (Å²) in [4.78, 5) is 3.43. The van der Waals surface area contributed by atoms with E-state index in [1.807, 2.05) is 0 Å². The zero-order valence-electron chi connectivity index (χ0n) is 11.1. The van der Waals surface area contributed by atoms with Crippen molar-refractivity contribution in [1.82, 2.24) is 10.3 Å². The molecule has 2 aromatic rings. The molecule has 0 unspecified atom stereocenters. The monoisotopic (exact) mass is 244 g/mol. The Hall–Kier alpha value is -1.48. The topological polar surface area (TPSA) is 37.0 Å². The van der Waals surface area contributed by atoms with Gasteiger partial charge in [-0.1, -0.05) is 6.92 Å². The lowest BCUT2D eigenvalue weighted by Gasteiger charge is -2.06. The first kappa shape index (κ1) is 11.6. The van der Waals surface area contributed by atoms with Crippen molar-refractivity contribution in [3.63, 3.8) is 0 Å². The van der Waals surface area contributed by atoms with Gasteiger partial charge >= 0.3 is 0 Å². The van der Waals surface area contributed by atoms with Crippen LogP contribution in [0.25, 0.3) is 10.9 Å². The Bertz CT molecular complexity index is 571. The van der Waals surface area contributed by atoms with E-state index in [0.29, 0.717) is 0 Å². The van der Waals surface area contributed by atoms with Gasteiger partial charge in [-0.25, -0.2) is 0 Å². The number of ether oxygens (including phenoxy) is 1. The molecule has 0 aliphatic carbocycles. The number of aromatic amines is 1.